The summed E-state index contributed by atoms with van der Waals surface area (Å²) in [6.07, 6.45) is 42.2. The number of esters is 4. The summed E-state index contributed by atoms with van der Waals surface area (Å²) in [7, 11) is -9.87. The second-order valence-corrected chi connectivity index (χ2v) is 25.4. The van der Waals surface area contributed by atoms with E-state index in [0.717, 1.165) is 109 Å². The summed E-state index contributed by atoms with van der Waals surface area (Å²) in [5.74, 6) is -2.15. The monoisotopic (exact) mass is 1200 g/mol. The summed E-state index contributed by atoms with van der Waals surface area (Å²) in [6.45, 7) is 4.75. The van der Waals surface area contributed by atoms with Crippen LogP contribution in [0.5, 0.6) is 0 Å². The lowest BCUT2D eigenvalue weighted by Gasteiger charge is -2.21. The molecule has 0 aromatic rings. The third-order valence-corrected chi connectivity index (χ3v) is 16.3. The lowest BCUT2D eigenvalue weighted by molar-refractivity contribution is -0.161. The maximum atomic E-state index is 13.0. The first-order chi connectivity index (χ1) is 39.2. The molecule has 0 spiro atoms. The molecule has 0 saturated heterocycles. The quantitative estimate of drug-likeness (QED) is 0.0222. The number of ether oxygens (including phenoxy) is 4. The molecule has 0 bridgehead atoms. The highest BCUT2D eigenvalue weighted by molar-refractivity contribution is 7.47. The van der Waals surface area contributed by atoms with Crippen molar-refractivity contribution in [3.63, 3.8) is 0 Å². The van der Waals surface area contributed by atoms with Gasteiger partial charge in [0.05, 0.1) is 26.4 Å². The van der Waals surface area contributed by atoms with Crippen molar-refractivity contribution in [2.45, 2.75) is 335 Å². The van der Waals surface area contributed by atoms with E-state index in [1.165, 1.54) is 128 Å². The Morgan fingerprint density at radius 2 is 0.494 bits per heavy atom. The van der Waals surface area contributed by atoms with Gasteiger partial charge in [-0.15, -0.1) is 0 Å². The number of phosphoric acid groups is 2. The lowest BCUT2D eigenvalue weighted by Crippen LogP contribution is -2.30. The van der Waals surface area contributed by atoms with E-state index in [4.69, 9.17) is 37.0 Å². The largest absolute Gasteiger partial charge is 0.472 e. The molecule has 0 rings (SSSR count). The van der Waals surface area contributed by atoms with Gasteiger partial charge in [-0.1, -0.05) is 265 Å². The van der Waals surface area contributed by atoms with Crippen LogP contribution in [0.2, 0.25) is 0 Å². The standard InChI is InChI=1S/C62H120O17P2/c1-5-9-13-17-20-22-24-26-27-28-29-30-32-34-37-41-45-49-62(67)79-58(53-73-60(65)47-43-39-36-33-31-25-23-21-18-14-10-6-2)55-77-81(70,71)75-51-56(63)50-74-80(68,69)76-54-57(52-72-59(64)46-42-38-16-12-8-4)78-61(66)48-44-40-35-19-15-11-7-3/h56-58,63H,5-55H2,1-4H3,(H,68,69)(H,70,71)/t56-,57+,58+/m0/s1. The maximum absolute atomic E-state index is 13.0. The third kappa shape index (κ3) is 56.9. The van der Waals surface area contributed by atoms with Crippen LogP contribution in [0.1, 0.15) is 317 Å². The minimum absolute atomic E-state index is 0.103. The van der Waals surface area contributed by atoms with Crippen LogP contribution in [-0.4, -0.2) is 96.7 Å². The van der Waals surface area contributed by atoms with Crippen molar-refractivity contribution in [2.24, 2.45) is 0 Å². The molecule has 0 radical (unpaired) electrons. The molecule has 0 aromatic heterocycles. The van der Waals surface area contributed by atoms with E-state index in [1.807, 2.05) is 0 Å². The second kappa shape index (κ2) is 57.2. The molecule has 0 amide bonds. The summed E-state index contributed by atoms with van der Waals surface area (Å²) in [5.41, 5.74) is 0. The number of carbonyl (C=O) groups is 4. The van der Waals surface area contributed by atoms with Gasteiger partial charge < -0.3 is 33.8 Å². The van der Waals surface area contributed by atoms with Gasteiger partial charge in [-0.2, -0.15) is 0 Å². The van der Waals surface area contributed by atoms with Gasteiger partial charge in [-0.3, -0.25) is 37.3 Å². The Balaban J connectivity index is 5.13. The molecule has 0 aliphatic carbocycles. The molecule has 5 atom stereocenters. The van der Waals surface area contributed by atoms with E-state index in [-0.39, 0.29) is 25.7 Å². The van der Waals surface area contributed by atoms with E-state index < -0.39 is 97.5 Å². The van der Waals surface area contributed by atoms with E-state index in [0.29, 0.717) is 25.7 Å². The topological polar surface area (TPSA) is 237 Å². The molecule has 0 aliphatic heterocycles. The average molecular weight is 1200 g/mol. The fourth-order valence-corrected chi connectivity index (χ4v) is 10.9. The zero-order chi connectivity index (χ0) is 59.8. The van der Waals surface area contributed by atoms with Gasteiger partial charge in [-0.25, -0.2) is 9.13 Å². The predicted molar refractivity (Wildman–Crippen MR) is 322 cm³/mol. The van der Waals surface area contributed by atoms with Crippen molar-refractivity contribution >= 4 is 39.5 Å². The second-order valence-electron chi connectivity index (χ2n) is 22.4. The first-order valence-corrected chi connectivity index (χ1v) is 35.8. The molecule has 19 heteroatoms. The van der Waals surface area contributed by atoms with Crippen LogP contribution in [0.25, 0.3) is 0 Å². The average Bonchev–Trinajstić information content (AvgIpc) is 3.44. The Morgan fingerprint density at radius 3 is 0.728 bits per heavy atom. The van der Waals surface area contributed by atoms with Crippen molar-refractivity contribution in [3.8, 4) is 0 Å². The Bertz CT molecular complexity index is 1570. The van der Waals surface area contributed by atoms with E-state index in [1.54, 1.807) is 0 Å². The molecule has 2 unspecified atom stereocenters. The molecule has 3 N–H and O–H groups in total. The van der Waals surface area contributed by atoms with Crippen LogP contribution < -0.4 is 0 Å². The van der Waals surface area contributed by atoms with Crippen LogP contribution in [0, 0.1) is 0 Å². The SMILES string of the molecule is CCCCCCCCCCCCCCCCCCCC(=O)O[C@H](COC(=O)CCCCCCCCCCCCCC)COP(=O)(O)OC[C@@H](O)COP(=O)(O)OC[C@@H](COC(=O)CCCCCCC)OC(=O)CCCCCCCCC. The number of unbranched alkanes of at least 4 members (excludes halogenated alkanes) is 37. The van der Waals surface area contributed by atoms with E-state index in [2.05, 4.69) is 27.7 Å². The number of aliphatic hydroxyl groups excluding tert-OH is 1. The molecule has 0 fully saturated rings. The molecule has 0 heterocycles. The lowest BCUT2D eigenvalue weighted by atomic mass is 10.0. The molecule has 17 nitrogen and oxygen atoms in total. The number of aliphatic hydroxyl groups is 1. The highest BCUT2D eigenvalue weighted by atomic mass is 31.2. The minimum Gasteiger partial charge on any atom is -0.462 e. The van der Waals surface area contributed by atoms with Gasteiger partial charge in [0.25, 0.3) is 0 Å². The number of phosphoric ester groups is 2. The van der Waals surface area contributed by atoms with Crippen LogP contribution in [0.3, 0.4) is 0 Å². The molecule has 81 heavy (non-hydrogen) atoms. The van der Waals surface area contributed by atoms with Gasteiger partial charge in [-0.05, 0) is 25.7 Å². The molecular formula is C62H120O17P2. The summed E-state index contributed by atoms with van der Waals surface area (Å²) in [4.78, 5) is 71.7. The van der Waals surface area contributed by atoms with Crippen molar-refractivity contribution in [1.29, 1.82) is 0 Å². The molecular weight excluding hydrogens is 1080 g/mol. The fraction of sp³-hybridized carbons (Fsp3) is 0.935. The first-order valence-electron chi connectivity index (χ1n) is 32.8. The Morgan fingerprint density at radius 1 is 0.296 bits per heavy atom. The van der Waals surface area contributed by atoms with Crippen molar-refractivity contribution in [2.75, 3.05) is 39.6 Å². The highest BCUT2D eigenvalue weighted by Crippen LogP contribution is 2.45. The first kappa shape index (κ1) is 79.1. The molecule has 0 aliphatic rings. The summed E-state index contributed by atoms with van der Waals surface area (Å²) < 4.78 is 67.6. The minimum atomic E-state index is -4.94. The third-order valence-electron chi connectivity index (χ3n) is 14.4. The Hall–Kier alpha value is -1.94. The van der Waals surface area contributed by atoms with Gasteiger partial charge in [0.15, 0.2) is 12.2 Å². The Labute approximate surface area is 492 Å². The molecule has 0 saturated carbocycles. The smallest absolute Gasteiger partial charge is 0.462 e. The van der Waals surface area contributed by atoms with Gasteiger partial charge >= 0.3 is 39.5 Å². The highest BCUT2D eigenvalue weighted by Gasteiger charge is 2.30. The number of hydrogen-bond donors (Lipinski definition) is 3. The van der Waals surface area contributed by atoms with Crippen LogP contribution in [0.4, 0.5) is 0 Å². The van der Waals surface area contributed by atoms with E-state index in [9.17, 15) is 43.2 Å². The predicted octanol–water partition coefficient (Wildman–Crippen LogP) is 17.2. The molecule has 0 aromatic carbocycles. The number of hydrogen-bond acceptors (Lipinski definition) is 15. The summed E-state index contributed by atoms with van der Waals surface area (Å²) in [6, 6.07) is 0. The normalized spacial score (nSPS) is 14.2. The van der Waals surface area contributed by atoms with Crippen LogP contribution in [-0.2, 0) is 65.4 Å². The zero-order valence-electron chi connectivity index (χ0n) is 51.7. The van der Waals surface area contributed by atoms with Gasteiger partial charge in [0, 0.05) is 25.7 Å². The van der Waals surface area contributed by atoms with E-state index >= 15 is 0 Å². The van der Waals surface area contributed by atoms with Gasteiger partial charge in [0.1, 0.15) is 19.3 Å². The van der Waals surface area contributed by atoms with Crippen LogP contribution in [0.15, 0.2) is 0 Å². The number of rotatable bonds is 63. The van der Waals surface area contributed by atoms with Crippen molar-refractivity contribution in [1.82, 2.24) is 0 Å². The summed E-state index contributed by atoms with van der Waals surface area (Å²) in [5, 5.41) is 10.5. The van der Waals surface area contributed by atoms with Crippen molar-refractivity contribution < 1.29 is 80.2 Å². The summed E-state index contributed by atoms with van der Waals surface area (Å²) >= 11 is 0. The van der Waals surface area contributed by atoms with Crippen LogP contribution >= 0.6 is 15.6 Å². The van der Waals surface area contributed by atoms with Gasteiger partial charge in [0.2, 0.25) is 0 Å². The fourth-order valence-electron chi connectivity index (χ4n) is 9.28. The number of carbonyl (C=O) groups excluding carboxylic acids is 4. The maximum Gasteiger partial charge on any atom is 0.472 e. The Kier molecular flexibility index (Phi) is 55.8. The molecule has 480 valence electrons. The van der Waals surface area contributed by atoms with Crippen molar-refractivity contribution in [3.05, 3.63) is 0 Å². The zero-order valence-corrected chi connectivity index (χ0v) is 53.5.